The Kier molecular flexibility index (Phi) is 8.86. The summed E-state index contributed by atoms with van der Waals surface area (Å²) in [5.41, 5.74) is 3.03. The van der Waals surface area contributed by atoms with Crippen LogP contribution in [0.25, 0.3) is 12.2 Å². The van der Waals surface area contributed by atoms with Crippen LogP contribution in [0.4, 0.5) is 19.0 Å². The topological polar surface area (TPSA) is 112 Å². The van der Waals surface area contributed by atoms with Crippen molar-refractivity contribution in [1.29, 1.82) is 0 Å². The van der Waals surface area contributed by atoms with Crippen molar-refractivity contribution in [2.24, 2.45) is 5.41 Å². The van der Waals surface area contributed by atoms with Crippen molar-refractivity contribution in [2.75, 3.05) is 31.5 Å². The van der Waals surface area contributed by atoms with Gasteiger partial charge in [0.1, 0.15) is 5.82 Å². The maximum Gasteiger partial charge on any atom is 0.490 e. The van der Waals surface area contributed by atoms with E-state index in [2.05, 4.69) is 45.3 Å². The van der Waals surface area contributed by atoms with Crippen molar-refractivity contribution >= 4 is 47.1 Å². The molecule has 2 saturated heterocycles. The Labute approximate surface area is 227 Å². The zero-order chi connectivity index (χ0) is 28.0. The highest BCUT2D eigenvalue weighted by atomic mass is 32.1. The molecule has 0 aromatic carbocycles. The van der Waals surface area contributed by atoms with Crippen LogP contribution in [0.15, 0.2) is 41.4 Å². The van der Waals surface area contributed by atoms with Gasteiger partial charge in [0.05, 0.1) is 5.41 Å². The van der Waals surface area contributed by atoms with Gasteiger partial charge in [-0.2, -0.15) is 13.2 Å². The second kappa shape index (κ2) is 12.1. The molecule has 208 valence electrons. The van der Waals surface area contributed by atoms with Crippen LogP contribution in [0.5, 0.6) is 0 Å². The molecule has 2 amide bonds. The number of carboxylic acid groups (broad SMARTS) is 1. The number of alkyl halides is 3. The fourth-order valence-corrected chi connectivity index (χ4v) is 5.57. The predicted molar refractivity (Wildman–Crippen MR) is 142 cm³/mol. The van der Waals surface area contributed by atoms with Crippen LogP contribution >= 0.6 is 11.3 Å². The Morgan fingerprint density at radius 2 is 1.87 bits per heavy atom. The molecule has 3 N–H and O–H groups in total. The summed E-state index contributed by atoms with van der Waals surface area (Å²) in [6.45, 7) is 3.24. The molecule has 0 unspecified atom stereocenters. The molecule has 2 aromatic rings. The molecule has 39 heavy (non-hydrogen) atoms. The number of rotatable bonds is 3. The lowest BCUT2D eigenvalue weighted by atomic mass is 9.71. The number of likely N-dealkylation sites (tertiary alicyclic amines) is 1. The molecule has 0 atom stereocenters. The van der Waals surface area contributed by atoms with E-state index in [0.29, 0.717) is 12.2 Å². The summed E-state index contributed by atoms with van der Waals surface area (Å²) in [5.74, 6) is -1.97. The molecule has 3 aliphatic rings. The molecule has 2 fully saturated rings. The van der Waals surface area contributed by atoms with Crippen molar-refractivity contribution in [3.8, 4) is 0 Å². The molecule has 8 nitrogen and oxygen atoms in total. The largest absolute Gasteiger partial charge is 0.490 e. The third-order valence-corrected chi connectivity index (χ3v) is 7.88. The van der Waals surface area contributed by atoms with E-state index in [9.17, 15) is 22.8 Å². The lowest BCUT2D eigenvalue weighted by molar-refractivity contribution is -0.192. The van der Waals surface area contributed by atoms with Crippen LogP contribution < -0.4 is 10.6 Å². The summed E-state index contributed by atoms with van der Waals surface area (Å²) >= 11 is 1.75. The van der Waals surface area contributed by atoms with E-state index in [1.54, 1.807) is 23.6 Å². The summed E-state index contributed by atoms with van der Waals surface area (Å²) < 4.78 is 31.7. The summed E-state index contributed by atoms with van der Waals surface area (Å²) in [7, 11) is 0. The number of pyridine rings is 1. The quantitative estimate of drug-likeness (QED) is 0.480. The molecule has 5 heterocycles. The number of hydrogen-bond acceptors (Lipinski definition) is 6. The number of piperidine rings is 2. The van der Waals surface area contributed by atoms with E-state index in [1.807, 2.05) is 11.0 Å². The van der Waals surface area contributed by atoms with Gasteiger partial charge in [0.2, 0.25) is 11.8 Å². The molecule has 5 rings (SSSR count). The lowest BCUT2D eigenvalue weighted by Crippen LogP contribution is -2.48. The molecule has 0 aliphatic carbocycles. The molecule has 0 radical (unpaired) electrons. The zero-order valence-corrected chi connectivity index (χ0v) is 21.9. The third-order valence-electron chi connectivity index (χ3n) is 7.06. The van der Waals surface area contributed by atoms with E-state index in [0.717, 1.165) is 63.0 Å². The first kappa shape index (κ1) is 28.5. The molecule has 2 aromatic heterocycles. The number of aromatic nitrogens is 1. The van der Waals surface area contributed by atoms with E-state index in [1.165, 1.54) is 10.5 Å². The maximum absolute atomic E-state index is 12.7. The Hall–Kier alpha value is -3.51. The predicted octanol–water partition coefficient (Wildman–Crippen LogP) is 4.36. The Balaban J connectivity index is 0.000000448. The fourth-order valence-electron chi connectivity index (χ4n) is 4.87. The van der Waals surface area contributed by atoms with E-state index < -0.39 is 12.1 Å². The minimum Gasteiger partial charge on any atom is -0.475 e. The monoisotopic (exact) mass is 562 g/mol. The lowest BCUT2D eigenvalue weighted by Gasteiger charge is -2.39. The number of nitrogens with one attached hydrogen (secondary N) is 2. The van der Waals surface area contributed by atoms with Gasteiger partial charge in [-0.25, -0.2) is 9.78 Å². The second-order valence-electron chi connectivity index (χ2n) is 9.72. The van der Waals surface area contributed by atoms with Crippen LogP contribution in [0.3, 0.4) is 0 Å². The van der Waals surface area contributed by atoms with Crippen LogP contribution in [-0.4, -0.2) is 65.1 Å². The smallest absolute Gasteiger partial charge is 0.475 e. The number of amides is 2. The Morgan fingerprint density at radius 1 is 1.18 bits per heavy atom. The SMILES string of the molecule is O=C(/C=C/c1cnc2c(c1)CC1(CCNCC1)C(=O)N2)N1CCC(=Cc2cccs2)CC1.O=C(O)C(F)(F)F. The van der Waals surface area contributed by atoms with Gasteiger partial charge in [0.25, 0.3) is 0 Å². The van der Waals surface area contributed by atoms with E-state index in [-0.39, 0.29) is 17.2 Å². The van der Waals surface area contributed by atoms with Gasteiger partial charge in [-0.1, -0.05) is 11.6 Å². The standard InChI is InChI=1S/C25H28N4O2S.C2HF3O2/c30-22(29-11-5-18(6-12-29)15-21-2-1-13-32-21)4-3-19-14-20-16-25(7-9-26-10-8-25)24(31)28-23(20)27-17-19;3-2(4,5)1(6)7/h1-4,13-15,17,26H,5-12,16H2,(H,27,28,31);(H,6,7)/b4-3+;. The van der Waals surface area contributed by atoms with Gasteiger partial charge < -0.3 is 20.6 Å². The number of aliphatic carboxylic acids is 1. The van der Waals surface area contributed by atoms with Crippen molar-refractivity contribution < 1.29 is 32.7 Å². The molecule has 3 aliphatic heterocycles. The van der Waals surface area contributed by atoms with Crippen LogP contribution in [0.2, 0.25) is 0 Å². The number of halogens is 3. The van der Waals surface area contributed by atoms with Gasteiger partial charge in [-0.15, -0.1) is 11.3 Å². The molecule has 0 saturated carbocycles. The van der Waals surface area contributed by atoms with Gasteiger partial charge in [0, 0.05) is 30.2 Å². The average molecular weight is 563 g/mol. The maximum atomic E-state index is 12.7. The highest BCUT2D eigenvalue weighted by molar-refractivity contribution is 7.10. The fraction of sp³-hybridized carbons (Fsp3) is 0.407. The van der Waals surface area contributed by atoms with Crippen molar-refractivity contribution in [2.45, 2.75) is 38.3 Å². The first-order chi connectivity index (χ1) is 18.6. The number of carbonyl (C=O) groups excluding carboxylic acids is 2. The zero-order valence-electron chi connectivity index (χ0n) is 21.1. The summed E-state index contributed by atoms with van der Waals surface area (Å²) in [5, 5.41) is 15.6. The van der Waals surface area contributed by atoms with Gasteiger partial charge in [0.15, 0.2) is 0 Å². The van der Waals surface area contributed by atoms with Crippen LogP contribution in [-0.2, 0) is 20.8 Å². The summed E-state index contributed by atoms with van der Waals surface area (Å²) in [6.07, 6.45) is 6.64. The third kappa shape index (κ3) is 7.33. The van der Waals surface area contributed by atoms with E-state index >= 15 is 0 Å². The van der Waals surface area contributed by atoms with Gasteiger partial charge in [-0.3, -0.25) is 9.59 Å². The number of nitrogens with zero attached hydrogens (tertiary/aromatic N) is 2. The number of carbonyl (C=O) groups is 3. The first-order valence-corrected chi connectivity index (χ1v) is 13.4. The normalized spacial score (nSPS) is 18.7. The number of carboxylic acids is 1. The molecule has 12 heteroatoms. The summed E-state index contributed by atoms with van der Waals surface area (Å²) in [4.78, 5) is 41.9. The Bertz CT molecular complexity index is 1260. The minimum atomic E-state index is -5.08. The van der Waals surface area contributed by atoms with Crippen molar-refractivity contribution in [3.05, 3.63) is 57.4 Å². The first-order valence-electron chi connectivity index (χ1n) is 12.6. The number of fused-ring (bicyclic) bond motifs is 1. The molecule has 1 spiro atoms. The van der Waals surface area contributed by atoms with E-state index in [4.69, 9.17) is 9.90 Å². The average Bonchev–Trinajstić information content (AvgIpc) is 3.42. The Morgan fingerprint density at radius 3 is 2.49 bits per heavy atom. The second-order valence-corrected chi connectivity index (χ2v) is 10.7. The molecule has 0 bridgehead atoms. The molecular formula is C27H29F3N4O4S. The minimum absolute atomic E-state index is 0.0426. The number of anilines is 1. The van der Waals surface area contributed by atoms with Gasteiger partial charge in [-0.05, 0) is 86.0 Å². The number of thiophene rings is 1. The highest BCUT2D eigenvalue weighted by Gasteiger charge is 2.43. The van der Waals surface area contributed by atoms with Crippen LogP contribution in [0, 0.1) is 5.41 Å². The molecular weight excluding hydrogens is 533 g/mol. The highest BCUT2D eigenvalue weighted by Crippen LogP contribution is 2.39. The van der Waals surface area contributed by atoms with Crippen molar-refractivity contribution in [3.63, 3.8) is 0 Å². The van der Waals surface area contributed by atoms with Gasteiger partial charge >= 0.3 is 12.1 Å². The summed E-state index contributed by atoms with van der Waals surface area (Å²) in [6, 6.07) is 6.26. The number of hydrogen-bond donors (Lipinski definition) is 3. The van der Waals surface area contributed by atoms with Crippen LogP contribution in [0.1, 0.15) is 41.7 Å². The van der Waals surface area contributed by atoms with Crippen molar-refractivity contribution in [1.82, 2.24) is 15.2 Å².